The summed E-state index contributed by atoms with van der Waals surface area (Å²) < 4.78 is 8.50. The largest absolute Gasteiger partial charge is 0.497 e. The van der Waals surface area contributed by atoms with E-state index in [-0.39, 0.29) is 12.2 Å². The monoisotopic (exact) mass is 444 g/mol. The number of rotatable bonds is 6. The van der Waals surface area contributed by atoms with Crippen molar-refractivity contribution in [2.75, 3.05) is 7.11 Å². The van der Waals surface area contributed by atoms with Crippen molar-refractivity contribution in [2.24, 2.45) is 0 Å². The van der Waals surface area contributed by atoms with Gasteiger partial charge in [0.1, 0.15) is 12.3 Å². The number of amides is 2. The van der Waals surface area contributed by atoms with Crippen LogP contribution < -0.4 is 15.6 Å². The van der Waals surface area contributed by atoms with Gasteiger partial charge in [0.15, 0.2) is 5.69 Å². The minimum Gasteiger partial charge on any atom is -0.497 e. The number of aryl methyl sites for hydroxylation is 2. The summed E-state index contributed by atoms with van der Waals surface area (Å²) in [5.41, 5.74) is 9.09. The second kappa shape index (κ2) is 9.39. The fourth-order valence-electron chi connectivity index (χ4n) is 3.43. The minimum absolute atomic E-state index is 0.00446. The molecule has 0 fully saturated rings. The quantitative estimate of drug-likeness (QED) is 0.445. The van der Waals surface area contributed by atoms with E-state index in [4.69, 9.17) is 4.74 Å². The van der Waals surface area contributed by atoms with Crippen molar-refractivity contribution in [3.63, 3.8) is 0 Å². The molecule has 168 valence electrons. The fraction of sp³-hybridized carbons (Fsp3) is 0.167. The molecular formula is C24H24N6O3. The predicted molar refractivity (Wildman–Crippen MR) is 123 cm³/mol. The van der Waals surface area contributed by atoms with Crippen LogP contribution >= 0.6 is 0 Å². The number of para-hydroxylation sites is 1. The summed E-state index contributed by atoms with van der Waals surface area (Å²) in [6.07, 6.45) is 0. The van der Waals surface area contributed by atoms with Crippen molar-refractivity contribution in [1.82, 2.24) is 30.4 Å². The van der Waals surface area contributed by atoms with Gasteiger partial charge in [-0.3, -0.25) is 25.1 Å². The van der Waals surface area contributed by atoms with E-state index in [2.05, 4.69) is 21.0 Å². The van der Waals surface area contributed by atoms with Crippen LogP contribution in [0.3, 0.4) is 0 Å². The lowest BCUT2D eigenvalue weighted by Gasteiger charge is -2.08. The van der Waals surface area contributed by atoms with E-state index < -0.39 is 11.8 Å². The Balaban J connectivity index is 1.54. The Labute approximate surface area is 191 Å². The second-order valence-corrected chi connectivity index (χ2v) is 7.48. The van der Waals surface area contributed by atoms with Crippen LogP contribution in [-0.2, 0) is 11.3 Å². The maximum absolute atomic E-state index is 12.8. The Hall–Kier alpha value is -4.40. The van der Waals surface area contributed by atoms with Crippen molar-refractivity contribution in [1.29, 1.82) is 0 Å². The topological polar surface area (TPSA) is 103 Å². The molecule has 2 N–H and O–H groups in total. The zero-order chi connectivity index (χ0) is 23.4. The SMILES string of the molecule is COc1ccc(-c2cc(C(=O)NNC(=O)Cn3nc(C)cc3C)nn2-c2ccccc2)cc1. The highest BCUT2D eigenvalue weighted by Crippen LogP contribution is 2.26. The van der Waals surface area contributed by atoms with Gasteiger partial charge in [0.05, 0.1) is 24.2 Å². The highest BCUT2D eigenvalue weighted by Gasteiger charge is 2.18. The zero-order valence-electron chi connectivity index (χ0n) is 18.6. The summed E-state index contributed by atoms with van der Waals surface area (Å²) in [4.78, 5) is 25.0. The molecule has 0 aliphatic heterocycles. The average molecular weight is 444 g/mol. The molecule has 9 nitrogen and oxygen atoms in total. The van der Waals surface area contributed by atoms with E-state index in [1.165, 1.54) is 0 Å². The molecule has 2 heterocycles. The molecule has 2 aromatic carbocycles. The maximum atomic E-state index is 12.8. The van der Waals surface area contributed by atoms with Crippen molar-refractivity contribution in [2.45, 2.75) is 20.4 Å². The normalized spacial score (nSPS) is 10.6. The second-order valence-electron chi connectivity index (χ2n) is 7.48. The molecule has 0 bridgehead atoms. The van der Waals surface area contributed by atoms with Crippen LogP contribution in [0.15, 0.2) is 66.7 Å². The molecule has 0 saturated heterocycles. The van der Waals surface area contributed by atoms with Gasteiger partial charge in [-0.2, -0.15) is 10.2 Å². The molecule has 33 heavy (non-hydrogen) atoms. The fourth-order valence-corrected chi connectivity index (χ4v) is 3.43. The van der Waals surface area contributed by atoms with Gasteiger partial charge in [0.2, 0.25) is 0 Å². The van der Waals surface area contributed by atoms with Gasteiger partial charge in [-0.15, -0.1) is 0 Å². The molecule has 0 spiro atoms. The molecular weight excluding hydrogens is 420 g/mol. The molecule has 0 atom stereocenters. The Kier molecular flexibility index (Phi) is 6.21. The van der Waals surface area contributed by atoms with Crippen LogP contribution in [0.1, 0.15) is 21.9 Å². The molecule has 4 rings (SSSR count). The Morgan fingerprint density at radius 3 is 2.30 bits per heavy atom. The Morgan fingerprint density at radius 2 is 1.67 bits per heavy atom. The number of benzene rings is 2. The van der Waals surface area contributed by atoms with Crippen LogP contribution in [0, 0.1) is 13.8 Å². The predicted octanol–water partition coefficient (Wildman–Crippen LogP) is 2.82. The first-order valence-electron chi connectivity index (χ1n) is 10.3. The summed E-state index contributed by atoms with van der Waals surface area (Å²) in [5.74, 6) is -0.193. The van der Waals surface area contributed by atoms with E-state index >= 15 is 0 Å². The molecule has 0 aliphatic carbocycles. The van der Waals surface area contributed by atoms with Gasteiger partial charge in [0, 0.05) is 11.3 Å². The summed E-state index contributed by atoms with van der Waals surface area (Å²) >= 11 is 0. The average Bonchev–Trinajstić information content (AvgIpc) is 3.41. The number of ether oxygens (including phenoxy) is 1. The molecule has 0 unspecified atom stereocenters. The third-order valence-electron chi connectivity index (χ3n) is 5.04. The number of methoxy groups -OCH3 is 1. The van der Waals surface area contributed by atoms with Gasteiger partial charge in [-0.1, -0.05) is 18.2 Å². The first kappa shape index (κ1) is 21.8. The van der Waals surface area contributed by atoms with Gasteiger partial charge in [-0.05, 0) is 62.4 Å². The smallest absolute Gasteiger partial charge is 0.290 e. The van der Waals surface area contributed by atoms with E-state index in [9.17, 15) is 9.59 Å². The number of hydrazine groups is 1. The molecule has 0 aliphatic rings. The van der Waals surface area contributed by atoms with E-state index in [1.807, 2.05) is 74.5 Å². The molecule has 2 aromatic heterocycles. The van der Waals surface area contributed by atoms with Crippen molar-refractivity contribution in [3.05, 3.63) is 83.8 Å². The van der Waals surface area contributed by atoms with Crippen molar-refractivity contribution >= 4 is 11.8 Å². The highest BCUT2D eigenvalue weighted by atomic mass is 16.5. The molecule has 0 saturated carbocycles. The van der Waals surface area contributed by atoms with Gasteiger partial charge in [0.25, 0.3) is 11.8 Å². The number of nitrogens with zero attached hydrogens (tertiary/aromatic N) is 4. The summed E-state index contributed by atoms with van der Waals surface area (Å²) in [7, 11) is 1.61. The van der Waals surface area contributed by atoms with Crippen molar-refractivity contribution in [3.8, 4) is 22.7 Å². The number of nitrogens with one attached hydrogen (secondary N) is 2. The molecule has 0 radical (unpaired) electrons. The maximum Gasteiger partial charge on any atom is 0.290 e. The zero-order valence-corrected chi connectivity index (χ0v) is 18.6. The van der Waals surface area contributed by atoms with Crippen LogP contribution in [0.5, 0.6) is 5.75 Å². The number of hydrogen-bond acceptors (Lipinski definition) is 5. The van der Waals surface area contributed by atoms with Gasteiger partial charge >= 0.3 is 0 Å². The number of carbonyl (C=O) groups excluding carboxylic acids is 2. The standard InChI is InChI=1S/C24H24N6O3/c1-16-13-17(2)29(27-16)15-23(31)25-26-24(32)21-14-22(18-9-11-20(33-3)12-10-18)30(28-21)19-7-5-4-6-8-19/h4-14H,15H2,1-3H3,(H,25,31)(H,26,32). The Morgan fingerprint density at radius 1 is 0.939 bits per heavy atom. The number of aromatic nitrogens is 4. The minimum atomic E-state index is -0.527. The van der Waals surface area contributed by atoms with E-state index in [0.29, 0.717) is 0 Å². The van der Waals surface area contributed by atoms with Crippen LogP contribution in [-0.4, -0.2) is 38.5 Å². The highest BCUT2D eigenvalue weighted by molar-refractivity contribution is 5.94. The first-order valence-corrected chi connectivity index (χ1v) is 10.3. The number of carbonyl (C=O) groups is 2. The van der Waals surface area contributed by atoms with E-state index in [0.717, 1.165) is 34.1 Å². The van der Waals surface area contributed by atoms with Crippen LogP contribution in [0.2, 0.25) is 0 Å². The molecule has 4 aromatic rings. The number of hydrogen-bond donors (Lipinski definition) is 2. The molecule has 9 heteroatoms. The van der Waals surface area contributed by atoms with E-state index in [1.54, 1.807) is 22.5 Å². The Bertz CT molecular complexity index is 1280. The van der Waals surface area contributed by atoms with Gasteiger partial charge in [-0.25, -0.2) is 4.68 Å². The first-order chi connectivity index (χ1) is 15.9. The molecule has 2 amide bonds. The van der Waals surface area contributed by atoms with Crippen LogP contribution in [0.25, 0.3) is 16.9 Å². The summed E-state index contributed by atoms with van der Waals surface area (Å²) in [6.45, 7) is 3.71. The summed E-state index contributed by atoms with van der Waals surface area (Å²) in [6, 6.07) is 20.5. The van der Waals surface area contributed by atoms with Crippen molar-refractivity contribution < 1.29 is 14.3 Å². The van der Waals surface area contributed by atoms with Gasteiger partial charge < -0.3 is 4.74 Å². The lowest BCUT2D eigenvalue weighted by Crippen LogP contribution is -2.43. The lowest BCUT2D eigenvalue weighted by molar-refractivity contribution is -0.122. The summed E-state index contributed by atoms with van der Waals surface area (Å²) in [5, 5.41) is 8.73. The third kappa shape index (κ3) is 4.93. The lowest BCUT2D eigenvalue weighted by atomic mass is 10.1. The third-order valence-corrected chi connectivity index (χ3v) is 5.04. The van der Waals surface area contributed by atoms with Crippen LogP contribution in [0.4, 0.5) is 0 Å².